The van der Waals surface area contributed by atoms with Crippen molar-refractivity contribution in [2.24, 2.45) is 0 Å². The van der Waals surface area contributed by atoms with E-state index in [1.165, 1.54) is 192 Å². The third-order valence-corrected chi connectivity index (χ3v) is 20.3. The van der Waals surface area contributed by atoms with Crippen LogP contribution in [0.3, 0.4) is 0 Å². The molecule has 0 saturated heterocycles. The molecule has 0 saturated carbocycles. The molecule has 14 rings (SSSR count). The van der Waals surface area contributed by atoms with Gasteiger partial charge in [0.25, 0.3) is 0 Å². The van der Waals surface area contributed by atoms with E-state index in [-0.39, 0.29) is 5.41 Å². The van der Waals surface area contributed by atoms with Gasteiger partial charge in [-0.05, 0) is 217 Å². The first-order valence-corrected chi connectivity index (χ1v) is 40.3. The number of rotatable bonds is 15. The SMILES string of the molecule is CCCCCCc1cc(C)c(CCCCCC)cc1C.Cc1cc(C)cc(-c2cc(C)cc(C)c2)c1.Cc1cc(C)cc(C)c1.Cc1ccc(-c2nc(C)nc(-c3ccc(C)cc3)n2)cc1.Cc1ccc(C)cc1.Cc1ccc2c(c1)C(c1ccccc1)(c1ccccc1)c1cc(C)ccc1-2.[C-]#[N+]c1cc(C)cc(C)c1. The number of fused-ring (bicyclic) bond motifs is 3. The molecule has 570 valence electrons. The molecule has 1 heterocycles. The van der Waals surface area contributed by atoms with Crippen molar-refractivity contribution in [1.29, 1.82) is 0 Å². The maximum atomic E-state index is 6.76. The Morgan fingerprint density at radius 1 is 0.270 bits per heavy atom. The number of aromatic nitrogens is 3. The van der Waals surface area contributed by atoms with Gasteiger partial charge in [-0.2, -0.15) is 0 Å². The third kappa shape index (κ3) is 25.6. The average Bonchev–Trinajstić information content (AvgIpc) is 1.54. The van der Waals surface area contributed by atoms with Gasteiger partial charge in [-0.25, -0.2) is 19.8 Å². The lowest BCUT2D eigenvalue weighted by Crippen LogP contribution is -2.28. The summed E-state index contributed by atoms with van der Waals surface area (Å²) in [6, 6.07) is 91.4. The maximum absolute atomic E-state index is 6.76. The smallest absolute Gasteiger partial charge is 0.187 e. The molecule has 0 amide bonds. The Bertz CT molecular complexity index is 4770. The predicted molar refractivity (Wildman–Crippen MR) is 479 cm³/mol. The molecule has 0 N–H and O–H groups in total. The number of unbranched alkanes of at least 4 members (excludes halogenated alkanes) is 6. The van der Waals surface area contributed by atoms with Gasteiger partial charge < -0.3 is 0 Å². The zero-order valence-corrected chi connectivity index (χ0v) is 70.6. The Labute approximate surface area is 669 Å². The second kappa shape index (κ2) is 42.4. The minimum atomic E-state index is -0.273. The van der Waals surface area contributed by atoms with Crippen molar-refractivity contribution in [2.75, 3.05) is 0 Å². The van der Waals surface area contributed by atoms with Crippen molar-refractivity contribution in [3.63, 3.8) is 0 Å². The van der Waals surface area contributed by atoms with Crippen molar-refractivity contribution in [3.8, 4) is 45.0 Å². The van der Waals surface area contributed by atoms with Gasteiger partial charge in [0, 0.05) is 11.1 Å². The molecule has 1 aliphatic carbocycles. The second-order valence-corrected chi connectivity index (χ2v) is 31.2. The molecule has 12 aromatic carbocycles. The fourth-order valence-corrected chi connectivity index (χ4v) is 15.0. The molecule has 0 radical (unpaired) electrons. The summed E-state index contributed by atoms with van der Waals surface area (Å²) in [5.74, 6) is 2.17. The molecule has 0 fully saturated rings. The van der Waals surface area contributed by atoms with Crippen LogP contribution in [-0.4, -0.2) is 15.0 Å². The normalized spacial score (nSPS) is 11.1. The minimum absolute atomic E-state index is 0.273. The summed E-state index contributed by atoms with van der Waals surface area (Å²) in [6.45, 7) is 49.5. The molecule has 0 unspecified atom stereocenters. The average molecular weight is 1460 g/mol. The Morgan fingerprint density at radius 3 is 0.883 bits per heavy atom. The van der Waals surface area contributed by atoms with Crippen molar-refractivity contribution < 1.29 is 0 Å². The van der Waals surface area contributed by atoms with Gasteiger partial charge in [0.1, 0.15) is 5.82 Å². The quantitative estimate of drug-likeness (QED) is 0.0759. The molecule has 4 heteroatoms. The van der Waals surface area contributed by atoms with Gasteiger partial charge in [-0.1, -0.05) is 391 Å². The van der Waals surface area contributed by atoms with Crippen LogP contribution >= 0.6 is 0 Å². The summed E-state index contributed by atoms with van der Waals surface area (Å²) in [7, 11) is 0. The molecule has 0 bridgehead atoms. The molecule has 111 heavy (non-hydrogen) atoms. The molecule has 13 aromatic rings. The fraction of sp³-hybridized carbons (Fsp3) is 0.290. The Balaban J connectivity index is 0.000000169. The van der Waals surface area contributed by atoms with Crippen molar-refractivity contribution in [2.45, 2.75) is 208 Å². The molecule has 0 spiro atoms. The largest absolute Gasteiger partial charge is 0.238 e. The van der Waals surface area contributed by atoms with E-state index >= 15 is 0 Å². The van der Waals surface area contributed by atoms with Crippen LogP contribution in [0.2, 0.25) is 0 Å². The van der Waals surface area contributed by atoms with E-state index in [2.05, 4.69) is 356 Å². The Morgan fingerprint density at radius 2 is 0.568 bits per heavy atom. The molecule has 0 atom stereocenters. The first kappa shape index (κ1) is 85.7. The van der Waals surface area contributed by atoms with Crippen LogP contribution in [0, 0.1) is 131 Å². The van der Waals surface area contributed by atoms with Crippen LogP contribution in [0.5, 0.6) is 0 Å². The number of nitrogens with zero attached hydrogens (tertiary/aromatic N) is 4. The predicted octanol–water partition coefficient (Wildman–Crippen LogP) is 29.7. The summed E-state index contributed by atoms with van der Waals surface area (Å²) in [5, 5.41) is 0. The molecular formula is C107H122N4. The van der Waals surface area contributed by atoms with E-state index in [1.807, 2.05) is 57.2 Å². The van der Waals surface area contributed by atoms with E-state index in [4.69, 9.17) is 6.57 Å². The van der Waals surface area contributed by atoms with Crippen LogP contribution in [0.1, 0.15) is 199 Å². The number of aryl methyl sites for hydroxylation is 20. The zero-order valence-electron chi connectivity index (χ0n) is 70.6. The van der Waals surface area contributed by atoms with E-state index in [9.17, 15) is 0 Å². The lowest BCUT2D eigenvalue weighted by Gasteiger charge is -2.34. The van der Waals surface area contributed by atoms with Gasteiger partial charge >= 0.3 is 0 Å². The number of benzene rings is 12. The van der Waals surface area contributed by atoms with Crippen molar-refractivity contribution >= 4 is 5.69 Å². The molecule has 1 aromatic heterocycles. The lowest BCUT2D eigenvalue weighted by atomic mass is 9.67. The number of hydrogen-bond acceptors (Lipinski definition) is 3. The first-order valence-electron chi connectivity index (χ1n) is 40.3. The highest BCUT2D eigenvalue weighted by atomic mass is 15.0. The van der Waals surface area contributed by atoms with Gasteiger partial charge in [0.15, 0.2) is 17.3 Å². The summed E-state index contributed by atoms with van der Waals surface area (Å²) >= 11 is 0. The van der Waals surface area contributed by atoms with E-state index in [0.29, 0.717) is 0 Å². The lowest BCUT2D eigenvalue weighted by molar-refractivity contribution is 0.661. The van der Waals surface area contributed by atoms with Crippen molar-refractivity contribution in [3.05, 3.63) is 400 Å². The van der Waals surface area contributed by atoms with Crippen molar-refractivity contribution in [1.82, 2.24) is 15.0 Å². The van der Waals surface area contributed by atoms with E-state index < -0.39 is 0 Å². The third-order valence-electron chi connectivity index (χ3n) is 20.3. The Hall–Kier alpha value is -10.9. The highest BCUT2D eigenvalue weighted by molar-refractivity contribution is 5.87. The van der Waals surface area contributed by atoms with Crippen LogP contribution < -0.4 is 0 Å². The monoisotopic (exact) mass is 1460 g/mol. The molecule has 1 aliphatic rings. The summed E-state index contributed by atoms with van der Waals surface area (Å²) < 4.78 is 0. The van der Waals surface area contributed by atoms with Gasteiger partial charge in [-0.15, -0.1) is 0 Å². The molecular weight excluding hydrogens is 1340 g/mol. The minimum Gasteiger partial charge on any atom is -0.238 e. The Kier molecular flexibility index (Phi) is 32.7. The topological polar surface area (TPSA) is 43.0 Å². The zero-order chi connectivity index (χ0) is 80.2. The maximum Gasteiger partial charge on any atom is 0.187 e. The molecule has 4 nitrogen and oxygen atoms in total. The van der Waals surface area contributed by atoms with Crippen LogP contribution in [0.25, 0.3) is 49.9 Å². The highest BCUT2D eigenvalue weighted by Gasteiger charge is 2.46. The van der Waals surface area contributed by atoms with Gasteiger partial charge in [0.2, 0.25) is 0 Å². The van der Waals surface area contributed by atoms with Gasteiger partial charge in [0.05, 0.1) is 12.0 Å². The van der Waals surface area contributed by atoms with E-state index in [1.54, 1.807) is 11.1 Å². The number of hydrogen-bond donors (Lipinski definition) is 0. The summed E-state index contributed by atoms with van der Waals surface area (Å²) in [5.41, 5.74) is 38.8. The standard InChI is InChI=1S/C27H22.C20H34.C18H17N3.C16H18.C9H9N.C9H12.C8H10/c1-19-13-15-23-24-16-14-20(2)18-26(24)27(25(23)17-19,21-9-5-3-6-10-21)22-11-7-4-8-12-22;1-5-7-9-11-13-19-15-18(4)20(16-17(19)3)14-12-10-8-6-2;1-12-4-8-15(9-5-12)17-19-14(3)20-18(21-17)16-10-6-13(2)7-11-16;1-11-5-12(2)8-15(7-11)16-9-13(3)6-14(4)10-16;1-7-4-8(2)6-9(5-7)10-3;1-7-4-8(2)6-9(3)5-7;1-7-3-5-8(2)6-4-7/h3-18H,1-2H3;15-16H,5-14H2,1-4H3;4-11H,1-3H3;5-10H,1-4H3;4-6H,1-2H3;4-6H,1-3H3;3-6H,1-2H3. The van der Waals surface area contributed by atoms with Crippen LogP contribution in [-0.2, 0) is 18.3 Å². The van der Waals surface area contributed by atoms with Gasteiger partial charge in [-0.3, -0.25) is 0 Å². The summed E-state index contributed by atoms with van der Waals surface area (Å²) in [4.78, 5) is 16.9. The highest BCUT2D eigenvalue weighted by Crippen LogP contribution is 2.56. The second-order valence-electron chi connectivity index (χ2n) is 31.2. The van der Waals surface area contributed by atoms with E-state index in [0.717, 1.165) is 45.4 Å². The molecule has 0 aliphatic heterocycles. The van der Waals surface area contributed by atoms with Crippen LogP contribution in [0.15, 0.2) is 255 Å². The van der Waals surface area contributed by atoms with Crippen LogP contribution in [0.4, 0.5) is 5.69 Å². The first-order chi connectivity index (χ1) is 53.2. The fourth-order valence-electron chi connectivity index (χ4n) is 15.0. The summed E-state index contributed by atoms with van der Waals surface area (Å²) in [6.07, 6.45) is 13.4.